The first-order valence-corrected chi connectivity index (χ1v) is 8.68. The van der Waals surface area contributed by atoms with E-state index in [0.717, 1.165) is 41.0 Å². The van der Waals surface area contributed by atoms with Gasteiger partial charge in [0, 0.05) is 10.7 Å². The largest absolute Gasteiger partial charge is 0.325 e. The van der Waals surface area contributed by atoms with E-state index in [1.807, 2.05) is 12.1 Å². The van der Waals surface area contributed by atoms with Crippen molar-refractivity contribution in [1.29, 1.82) is 0 Å². The van der Waals surface area contributed by atoms with Gasteiger partial charge in [-0.25, -0.2) is 0 Å². The first-order chi connectivity index (χ1) is 10.1. The molecule has 0 radical (unpaired) electrons. The summed E-state index contributed by atoms with van der Waals surface area (Å²) in [7, 11) is 0. The molecule has 3 aliphatic rings. The van der Waals surface area contributed by atoms with E-state index in [0.29, 0.717) is 11.4 Å². The molecule has 4 rings (SSSR count). The van der Waals surface area contributed by atoms with E-state index in [-0.39, 0.29) is 11.3 Å². The number of carbonyl (C=O) groups excluding carboxylic acids is 1. The minimum absolute atomic E-state index is 0.0390. The third kappa shape index (κ3) is 2.47. The Hall–Kier alpha value is -0.730. The van der Waals surface area contributed by atoms with E-state index in [4.69, 9.17) is 23.2 Å². The summed E-state index contributed by atoms with van der Waals surface area (Å²) in [6.45, 7) is 0. The summed E-state index contributed by atoms with van der Waals surface area (Å²) in [5.41, 5.74) is 2.87. The molecular weight excluding hydrogens is 305 g/mol. The molecule has 4 unspecified atom stereocenters. The lowest BCUT2D eigenvalue weighted by atomic mass is 9.84. The van der Waals surface area contributed by atoms with Gasteiger partial charge in [-0.05, 0) is 60.6 Å². The number of halogens is 2. The maximum absolute atomic E-state index is 11.5. The highest BCUT2D eigenvalue weighted by molar-refractivity contribution is 6.33. The van der Waals surface area contributed by atoms with E-state index in [9.17, 15) is 4.79 Å². The number of hydrogen-bond donors (Lipinski definition) is 1. The van der Waals surface area contributed by atoms with Gasteiger partial charge in [-0.2, -0.15) is 0 Å². The number of carbonyl (C=O) groups is 1. The van der Waals surface area contributed by atoms with Gasteiger partial charge in [0.15, 0.2) is 0 Å². The molecule has 2 bridgehead atoms. The fourth-order valence-electron chi connectivity index (χ4n) is 4.57. The molecule has 1 N–H and O–H groups in total. The Labute approximate surface area is 135 Å². The molecule has 112 valence electrons. The van der Waals surface area contributed by atoms with Crippen molar-refractivity contribution in [2.24, 2.45) is 17.8 Å². The molecule has 0 spiro atoms. The maximum atomic E-state index is 11.5. The van der Waals surface area contributed by atoms with E-state index < -0.39 is 0 Å². The van der Waals surface area contributed by atoms with Crippen LogP contribution >= 0.6 is 23.2 Å². The van der Waals surface area contributed by atoms with Crippen LogP contribution in [0.1, 0.15) is 48.6 Å². The standard InChI is InChI=1S/C17H19Cl2NO/c18-14(6-11-4-9-1-2-10(11)3-9)13-5-12-7-17(21)20-16(12)8-15(13)19/h5,8-11,14H,1-4,6-7H2,(H,20,21). The Morgan fingerprint density at radius 2 is 2.14 bits per heavy atom. The predicted molar refractivity (Wildman–Crippen MR) is 85.9 cm³/mol. The number of rotatable bonds is 3. The molecule has 2 fully saturated rings. The number of nitrogens with one attached hydrogen (secondary N) is 1. The van der Waals surface area contributed by atoms with Gasteiger partial charge in [0.25, 0.3) is 0 Å². The fourth-order valence-corrected chi connectivity index (χ4v) is 5.33. The number of amides is 1. The quantitative estimate of drug-likeness (QED) is 0.784. The van der Waals surface area contributed by atoms with E-state index in [2.05, 4.69) is 5.32 Å². The first-order valence-electron chi connectivity index (χ1n) is 7.86. The number of hydrogen-bond acceptors (Lipinski definition) is 1. The van der Waals surface area contributed by atoms with Gasteiger partial charge in [0.05, 0.1) is 11.8 Å². The minimum atomic E-state index is -0.0390. The summed E-state index contributed by atoms with van der Waals surface area (Å²) in [5, 5.41) is 3.47. The summed E-state index contributed by atoms with van der Waals surface area (Å²) >= 11 is 13.1. The molecule has 1 aliphatic heterocycles. The number of alkyl halides is 1. The minimum Gasteiger partial charge on any atom is -0.325 e. The van der Waals surface area contributed by atoms with Crippen molar-refractivity contribution in [2.45, 2.75) is 43.9 Å². The van der Waals surface area contributed by atoms with Crippen molar-refractivity contribution in [3.8, 4) is 0 Å². The summed E-state index contributed by atoms with van der Waals surface area (Å²) in [4.78, 5) is 11.5. The normalized spacial score (nSPS) is 31.3. The highest BCUT2D eigenvalue weighted by Crippen LogP contribution is 2.52. The Balaban J connectivity index is 1.53. The predicted octanol–water partition coefficient (Wildman–Crippen LogP) is 4.94. The van der Waals surface area contributed by atoms with Crippen molar-refractivity contribution in [3.05, 3.63) is 28.3 Å². The van der Waals surface area contributed by atoms with Crippen LogP contribution in [0.3, 0.4) is 0 Å². The number of benzene rings is 1. The number of anilines is 1. The van der Waals surface area contributed by atoms with Crippen LogP contribution in [0.4, 0.5) is 5.69 Å². The third-order valence-corrected chi connectivity index (χ3v) is 6.32. The highest BCUT2D eigenvalue weighted by Gasteiger charge is 2.40. The highest BCUT2D eigenvalue weighted by atomic mass is 35.5. The number of fused-ring (bicyclic) bond motifs is 3. The van der Waals surface area contributed by atoms with Crippen LogP contribution < -0.4 is 5.32 Å². The van der Waals surface area contributed by atoms with E-state index in [1.54, 1.807) is 0 Å². The summed E-state index contributed by atoms with van der Waals surface area (Å²) in [6.07, 6.45) is 7.01. The molecule has 2 saturated carbocycles. The molecule has 2 nitrogen and oxygen atoms in total. The lowest BCUT2D eigenvalue weighted by molar-refractivity contribution is -0.115. The topological polar surface area (TPSA) is 29.1 Å². The molecule has 1 aromatic rings. The lowest BCUT2D eigenvalue weighted by Gasteiger charge is -2.24. The molecule has 4 heteroatoms. The van der Waals surface area contributed by atoms with Gasteiger partial charge in [-0.15, -0.1) is 11.6 Å². The van der Waals surface area contributed by atoms with Gasteiger partial charge >= 0.3 is 0 Å². The fraction of sp³-hybridized carbons (Fsp3) is 0.588. The van der Waals surface area contributed by atoms with Crippen LogP contribution in [0.2, 0.25) is 5.02 Å². The van der Waals surface area contributed by atoms with Crippen LogP contribution in [0.25, 0.3) is 0 Å². The average molecular weight is 324 g/mol. The second-order valence-electron chi connectivity index (χ2n) is 6.89. The Morgan fingerprint density at radius 3 is 2.86 bits per heavy atom. The molecule has 2 aliphatic carbocycles. The molecule has 1 heterocycles. The van der Waals surface area contributed by atoms with Crippen molar-refractivity contribution in [2.75, 3.05) is 5.32 Å². The molecular formula is C17H19Cl2NO. The van der Waals surface area contributed by atoms with Gasteiger partial charge in [-0.3, -0.25) is 4.79 Å². The van der Waals surface area contributed by atoms with Gasteiger partial charge in [0.1, 0.15) is 0 Å². The van der Waals surface area contributed by atoms with Crippen LogP contribution in [-0.2, 0) is 11.2 Å². The molecule has 1 aromatic carbocycles. The monoisotopic (exact) mass is 323 g/mol. The Bertz CT molecular complexity index is 601. The Kier molecular flexibility index (Phi) is 3.42. The SMILES string of the molecule is O=C1Cc2cc(C(Cl)CC3CC4CCC3C4)c(Cl)cc2N1. The summed E-state index contributed by atoms with van der Waals surface area (Å²) in [6, 6.07) is 3.88. The molecule has 4 atom stereocenters. The summed E-state index contributed by atoms with van der Waals surface area (Å²) < 4.78 is 0. The van der Waals surface area contributed by atoms with Gasteiger partial charge < -0.3 is 5.32 Å². The van der Waals surface area contributed by atoms with E-state index >= 15 is 0 Å². The smallest absolute Gasteiger partial charge is 0.228 e. The zero-order valence-electron chi connectivity index (χ0n) is 11.9. The van der Waals surface area contributed by atoms with Crippen LogP contribution in [0.5, 0.6) is 0 Å². The molecule has 21 heavy (non-hydrogen) atoms. The van der Waals surface area contributed by atoms with E-state index in [1.165, 1.54) is 25.7 Å². The molecule has 1 amide bonds. The zero-order valence-corrected chi connectivity index (χ0v) is 13.4. The Morgan fingerprint density at radius 1 is 1.29 bits per heavy atom. The molecule has 0 saturated heterocycles. The van der Waals surface area contributed by atoms with Crippen LogP contribution in [0.15, 0.2) is 12.1 Å². The zero-order chi connectivity index (χ0) is 14.6. The van der Waals surface area contributed by atoms with Crippen LogP contribution in [0, 0.1) is 17.8 Å². The third-order valence-electron chi connectivity index (χ3n) is 5.58. The summed E-state index contributed by atoms with van der Waals surface area (Å²) in [5.74, 6) is 2.63. The average Bonchev–Trinajstić information content (AvgIpc) is 3.11. The maximum Gasteiger partial charge on any atom is 0.228 e. The lowest BCUT2D eigenvalue weighted by Crippen LogP contribution is -2.12. The van der Waals surface area contributed by atoms with Crippen molar-refractivity contribution < 1.29 is 4.79 Å². The van der Waals surface area contributed by atoms with Gasteiger partial charge in [0.2, 0.25) is 5.91 Å². The molecule has 0 aromatic heterocycles. The van der Waals surface area contributed by atoms with Crippen molar-refractivity contribution in [1.82, 2.24) is 0 Å². The second kappa shape index (κ2) is 5.17. The second-order valence-corrected chi connectivity index (χ2v) is 7.83. The van der Waals surface area contributed by atoms with Gasteiger partial charge in [-0.1, -0.05) is 24.1 Å². The first kappa shape index (κ1) is 13.9. The van der Waals surface area contributed by atoms with Crippen LogP contribution in [-0.4, -0.2) is 5.91 Å². The van der Waals surface area contributed by atoms with Crippen molar-refractivity contribution in [3.63, 3.8) is 0 Å². The van der Waals surface area contributed by atoms with Crippen molar-refractivity contribution >= 4 is 34.8 Å².